The molecule has 1 aromatic carbocycles. The maximum Gasteiger partial charge on any atom is 0.122 e. The molecule has 0 aliphatic rings. The average Bonchev–Trinajstić information content (AvgIpc) is 2.33. The van der Waals surface area contributed by atoms with Crippen molar-refractivity contribution < 1.29 is 4.74 Å². The van der Waals surface area contributed by atoms with Crippen molar-refractivity contribution >= 4 is 0 Å². The van der Waals surface area contributed by atoms with Crippen LogP contribution in [-0.2, 0) is 6.42 Å². The van der Waals surface area contributed by atoms with Crippen LogP contribution in [0, 0.1) is 19.8 Å². The van der Waals surface area contributed by atoms with E-state index in [4.69, 9.17) is 4.74 Å². The lowest BCUT2D eigenvalue weighted by atomic mass is 9.95. The molecule has 1 nitrogen and oxygen atoms in total. The molecule has 0 aliphatic heterocycles. The Morgan fingerprint density at radius 1 is 1.17 bits per heavy atom. The van der Waals surface area contributed by atoms with Gasteiger partial charge >= 0.3 is 0 Å². The average molecular weight is 246 g/mol. The predicted octanol–water partition coefficient (Wildman–Crippen LogP) is 4.85. The Hall–Kier alpha value is -1.24. The molecule has 1 rings (SSSR count). The third-order valence-corrected chi connectivity index (χ3v) is 3.18. The van der Waals surface area contributed by atoms with Gasteiger partial charge in [0.1, 0.15) is 5.75 Å². The molecule has 18 heavy (non-hydrogen) atoms. The zero-order valence-electron chi connectivity index (χ0n) is 12.4. The van der Waals surface area contributed by atoms with E-state index in [1.807, 2.05) is 6.92 Å². The summed E-state index contributed by atoms with van der Waals surface area (Å²) in [5.41, 5.74) is 4.01. The summed E-state index contributed by atoms with van der Waals surface area (Å²) in [5, 5.41) is 0. The van der Waals surface area contributed by atoms with Gasteiger partial charge in [-0.05, 0) is 62.3 Å². The van der Waals surface area contributed by atoms with E-state index in [1.54, 1.807) is 0 Å². The fourth-order valence-electron chi connectivity index (χ4n) is 2.16. The fraction of sp³-hybridized carbons (Fsp3) is 0.529. The highest BCUT2D eigenvalue weighted by molar-refractivity contribution is 5.41. The fourth-order valence-corrected chi connectivity index (χ4v) is 2.16. The van der Waals surface area contributed by atoms with Crippen LogP contribution in [0.1, 0.15) is 43.9 Å². The highest BCUT2D eigenvalue weighted by Gasteiger charge is 2.07. The molecule has 0 bridgehead atoms. The Labute approximate surface area is 112 Å². The number of aryl methyl sites for hydroxylation is 2. The van der Waals surface area contributed by atoms with Crippen molar-refractivity contribution in [2.75, 3.05) is 6.61 Å². The number of benzene rings is 1. The van der Waals surface area contributed by atoms with Gasteiger partial charge in [-0.1, -0.05) is 32.1 Å². The molecule has 0 amide bonds. The SMILES string of the molecule is CC/C=C\C(C)Cc1cc(C)c(OCC)cc1C. The summed E-state index contributed by atoms with van der Waals surface area (Å²) >= 11 is 0. The van der Waals surface area contributed by atoms with Gasteiger partial charge in [0.2, 0.25) is 0 Å². The maximum absolute atomic E-state index is 5.63. The van der Waals surface area contributed by atoms with Gasteiger partial charge in [0.05, 0.1) is 6.61 Å². The lowest BCUT2D eigenvalue weighted by Crippen LogP contribution is -2.01. The van der Waals surface area contributed by atoms with Crippen LogP contribution < -0.4 is 4.74 Å². The summed E-state index contributed by atoms with van der Waals surface area (Å²) in [6.07, 6.45) is 6.79. The first-order valence-corrected chi connectivity index (χ1v) is 6.98. The van der Waals surface area contributed by atoms with Crippen LogP contribution in [0.15, 0.2) is 24.3 Å². The van der Waals surface area contributed by atoms with Crippen LogP contribution in [0.2, 0.25) is 0 Å². The van der Waals surface area contributed by atoms with Crippen LogP contribution in [0.3, 0.4) is 0 Å². The number of rotatable bonds is 6. The van der Waals surface area contributed by atoms with Gasteiger partial charge in [0.15, 0.2) is 0 Å². The second-order valence-electron chi connectivity index (χ2n) is 5.00. The summed E-state index contributed by atoms with van der Waals surface area (Å²) in [5.74, 6) is 1.62. The van der Waals surface area contributed by atoms with Gasteiger partial charge in [-0.25, -0.2) is 0 Å². The second kappa shape index (κ2) is 7.25. The summed E-state index contributed by atoms with van der Waals surface area (Å²) in [6.45, 7) is 11.5. The van der Waals surface area contributed by atoms with Crippen molar-refractivity contribution in [3.05, 3.63) is 41.0 Å². The molecular formula is C17H26O. The largest absolute Gasteiger partial charge is 0.494 e. The Bertz CT molecular complexity index is 404. The topological polar surface area (TPSA) is 9.23 Å². The normalized spacial score (nSPS) is 12.9. The monoisotopic (exact) mass is 246 g/mol. The Morgan fingerprint density at radius 2 is 1.89 bits per heavy atom. The molecule has 0 aliphatic carbocycles. The molecule has 0 saturated heterocycles. The molecule has 0 saturated carbocycles. The molecule has 0 aromatic heterocycles. The van der Waals surface area contributed by atoms with Crippen LogP contribution in [0.4, 0.5) is 0 Å². The van der Waals surface area contributed by atoms with Crippen LogP contribution >= 0.6 is 0 Å². The second-order valence-corrected chi connectivity index (χ2v) is 5.00. The van der Waals surface area contributed by atoms with Crippen molar-refractivity contribution in [3.63, 3.8) is 0 Å². The number of allylic oxidation sites excluding steroid dienone is 2. The Morgan fingerprint density at radius 3 is 2.50 bits per heavy atom. The molecule has 0 fully saturated rings. The summed E-state index contributed by atoms with van der Waals surface area (Å²) in [6, 6.07) is 4.45. The minimum atomic E-state index is 0.598. The van der Waals surface area contributed by atoms with Gasteiger partial charge in [0.25, 0.3) is 0 Å². The van der Waals surface area contributed by atoms with E-state index in [2.05, 4.69) is 52.0 Å². The van der Waals surface area contributed by atoms with Gasteiger partial charge in [-0.15, -0.1) is 0 Å². The molecule has 1 heteroatoms. The van der Waals surface area contributed by atoms with Gasteiger partial charge in [0, 0.05) is 0 Å². The van der Waals surface area contributed by atoms with Crippen LogP contribution in [0.25, 0.3) is 0 Å². The number of hydrogen-bond donors (Lipinski definition) is 0. The molecule has 1 unspecified atom stereocenters. The zero-order chi connectivity index (χ0) is 13.5. The molecule has 0 N–H and O–H groups in total. The van der Waals surface area contributed by atoms with Crippen molar-refractivity contribution in [2.24, 2.45) is 5.92 Å². The van der Waals surface area contributed by atoms with Crippen molar-refractivity contribution in [2.45, 2.75) is 47.5 Å². The van der Waals surface area contributed by atoms with Crippen LogP contribution in [0.5, 0.6) is 5.75 Å². The third-order valence-electron chi connectivity index (χ3n) is 3.18. The van der Waals surface area contributed by atoms with E-state index in [-0.39, 0.29) is 0 Å². The van der Waals surface area contributed by atoms with E-state index in [9.17, 15) is 0 Å². The molecule has 0 spiro atoms. The molecule has 1 aromatic rings. The first-order valence-electron chi connectivity index (χ1n) is 6.98. The van der Waals surface area contributed by atoms with Crippen molar-refractivity contribution in [3.8, 4) is 5.75 Å². The standard InChI is InChI=1S/C17H26O/c1-6-8-9-13(3)10-16-11-15(5)17(18-7-2)12-14(16)4/h8-9,11-13H,6-7,10H2,1-5H3/b9-8-. The minimum absolute atomic E-state index is 0.598. The highest BCUT2D eigenvalue weighted by Crippen LogP contribution is 2.25. The van der Waals surface area contributed by atoms with Gasteiger partial charge in [-0.2, -0.15) is 0 Å². The predicted molar refractivity (Wildman–Crippen MR) is 79.4 cm³/mol. The van der Waals surface area contributed by atoms with E-state index in [0.717, 1.165) is 25.2 Å². The zero-order valence-corrected chi connectivity index (χ0v) is 12.4. The summed E-state index contributed by atoms with van der Waals surface area (Å²) in [7, 11) is 0. The number of hydrogen-bond acceptors (Lipinski definition) is 1. The first-order chi connectivity index (χ1) is 8.58. The maximum atomic E-state index is 5.63. The smallest absolute Gasteiger partial charge is 0.122 e. The summed E-state index contributed by atoms with van der Waals surface area (Å²) in [4.78, 5) is 0. The Balaban J connectivity index is 2.84. The molecular weight excluding hydrogens is 220 g/mol. The van der Waals surface area contributed by atoms with E-state index < -0.39 is 0 Å². The van der Waals surface area contributed by atoms with Crippen LogP contribution in [-0.4, -0.2) is 6.61 Å². The van der Waals surface area contributed by atoms with E-state index in [0.29, 0.717) is 5.92 Å². The lowest BCUT2D eigenvalue weighted by molar-refractivity contribution is 0.337. The van der Waals surface area contributed by atoms with Crippen molar-refractivity contribution in [1.29, 1.82) is 0 Å². The molecule has 100 valence electrons. The molecule has 1 atom stereocenters. The highest BCUT2D eigenvalue weighted by atomic mass is 16.5. The number of ether oxygens (including phenoxy) is 1. The van der Waals surface area contributed by atoms with Gasteiger partial charge < -0.3 is 4.74 Å². The van der Waals surface area contributed by atoms with E-state index in [1.165, 1.54) is 16.7 Å². The van der Waals surface area contributed by atoms with Gasteiger partial charge in [-0.3, -0.25) is 0 Å². The van der Waals surface area contributed by atoms with Crippen molar-refractivity contribution in [1.82, 2.24) is 0 Å². The first kappa shape index (κ1) is 14.8. The quantitative estimate of drug-likeness (QED) is 0.652. The Kier molecular flexibility index (Phi) is 5.97. The third kappa shape index (κ3) is 4.21. The summed E-state index contributed by atoms with van der Waals surface area (Å²) < 4.78 is 5.63. The van der Waals surface area contributed by atoms with E-state index >= 15 is 0 Å². The molecule has 0 radical (unpaired) electrons. The minimum Gasteiger partial charge on any atom is -0.494 e. The molecule has 0 heterocycles. The lowest BCUT2D eigenvalue weighted by Gasteiger charge is -2.14.